The number of anilines is 2. The Bertz CT molecular complexity index is 939. The molecule has 7 heteroatoms. The summed E-state index contributed by atoms with van der Waals surface area (Å²) in [5.74, 6) is 1.48. The van der Waals surface area contributed by atoms with Crippen molar-refractivity contribution in [2.24, 2.45) is 0 Å². The van der Waals surface area contributed by atoms with Gasteiger partial charge in [0.1, 0.15) is 22.9 Å². The van der Waals surface area contributed by atoms with E-state index in [4.69, 9.17) is 9.15 Å². The second-order valence-corrected chi connectivity index (χ2v) is 6.47. The second-order valence-electron chi connectivity index (χ2n) is 6.47. The number of hydrogen-bond acceptors (Lipinski definition) is 7. The van der Waals surface area contributed by atoms with Crippen molar-refractivity contribution in [1.29, 1.82) is 0 Å². The molecular formula is C20H23N3O4. The fourth-order valence-corrected chi connectivity index (χ4v) is 2.94. The molecule has 0 aliphatic heterocycles. The van der Waals surface area contributed by atoms with Crippen molar-refractivity contribution in [3.8, 4) is 5.75 Å². The minimum atomic E-state index is -0.505. The van der Waals surface area contributed by atoms with Gasteiger partial charge in [-0.2, -0.15) is 0 Å². The Morgan fingerprint density at radius 2 is 1.70 bits per heavy atom. The fraction of sp³-hybridized carbons (Fsp3) is 0.300. The summed E-state index contributed by atoms with van der Waals surface area (Å²) >= 11 is 0. The largest absolute Gasteiger partial charge is 0.497 e. The van der Waals surface area contributed by atoms with Crippen LogP contribution in [0.5, 0.6) is 5.75 Å². The topological polar surface area (TPSA) is 83.8 Å². The highest BCUT2D eigenvalue weighted by atomic mass is 16.5. The van der Waals surface area contributed by atoms with E-state index in [1.54, 1.807) is 25.5 Å². The van der Waals surface area contributed by atoms with Crippen LogP contribution in [0.4, 0.5) is 11.4 Å². The minimum absolute atomic E-state index is 0.0261. The van der Waals surface area contributed by atoms with Crippen LogP contribution in [0.1, 0.15) is 17.4 Å². The smallest absolute Gasteiger partial charge is 0.253 e. The van der Waals surface area contributed by atoms with E-state index < -0.39 is 10.9 Å². The Hall–Kier alpha value is -3.06. The zero-order chi connectivity index (χ0) is 19.4. The van der Waals surface area contributed by atoms with Gasteiger partial charge in [0.25, 0.3) is 10.9 Å². The number of hydrogen-bond donors (Lipinski definition) is 2. The summed E-state index contributed by atoms with van der Waals surface area (Å²) in [5.41, 5.74) is 0.715. The lowest BCUT2D eigenvalue weighted by Gasteiger charge is -2.26. The van der Waals surface area contributed by atoms with E-state index in [2.05, 4.69) is 15.5 Å². The van der Waals surface area contributed by atoms with E-state index in [0.717, 1.165) is 11.3 Å². The van der Waals surface area contributed by atoms with Crippen LogP contribution in [0, 0.1) is 0 Å². The Morgan fingerprint density at radius 3 is 2.26 bits per heavy atom. The van der Waals surface area contributed by atoms with Gasteiger partial charge in [-0.15, -0.1) is 0 Å². The van der Waals surface area contributed by atoms with E-state index >= 15 is 0 Å². The Balaban J connectivity index is 1.69. The van der Waals surface area contributed by atoms with Gasteiger partial charge in [0, 0.05) is 6.54 Å². The van der Waals surface area contributed by atoms with E-state index in [0.29, 0.717) is 30.2 Å². The van der Waals surface area contributed by atoms with Gasteiger partial charge in [0.15, 0.2) is 0 Å². The van der Waals surface area contributed by atoms with Gasteiger partial charge in [-0.05, 0) is 43.9 Å². The lowest BCUT2D eigenvalue weighted by Crippen LogP contribution is -2.39. The van der Waals surface area contributed by atoms with Crippen LogP contribution in [0.2, 0.25) is 0 Å². The van der Waals surface area contributed by atoms with Gasteiger partial charge in [-0.3, -0.25) is 9.59 Å². The highest BCUT2D eigenvalue weighted by Crippen LogP contribution is 2.23. The Kier molecular flexibility index (Phi) is 5.61. The maximum absolute atomic E-state index is 12.0. The molecule has 0 spiro atoms. The number of furan rings is 1. The second kappa shape index (κ2) is 8.09. The van der Waals surface area contributed by atoms with Crippen LogP contribution in [0.15, 0.2) is 56.7 Å². The molecule has 0 aliphatic rings. The van der Waals surface area contributed by atoms with Crippen molar-refractivity contribution in [2.45, 2.75) is 12.6 Å². The first-order valence-electron chi connectivity index (χ1n) is 8.65. The number of likely N-dealkylation sites (N-methyl/N-ethyl adjacent to an activating group) is 1. The van der Waals surface area contributed by atoms with Gasteiger partial charge in [-0.25, -0.2) is 0 Å². The number of nitrogens with one attached hydrogen (secondary N) is 2. The maximum Gasteiger partial charge on any atom is 0.253 e. The van der Waals surface area contributed by atoms with Crippen molar-refractivity contribution in [3.05, 3.63) is 74.4 Å². The molecule has 3 aromatic rings. The lowest BCUT2D eigenvalue weighted by molar-refractivity contribution is 0.311. The van der Waals surface area contributed by atoms with Gasteiger partial charge in [0.2, 0.25) is 0 Å². The summed E-state index contributed by atoms with van der Waals surface area (Å²) < 4.78 is 10.4. The highest BCUT2D eigenvalue weighted by Gasteiger charge is 2.23. The lowest BCUT2D eigenvalue weighted by atomic mass is 10.0. The zero-order valence-corrected chi connectivity index (χ0v) is 15.6. The summed E-state index contributed by atoms with van der Waals surface area (Å²) in [4.78, 5) is 25.9. The predicted molar refractivity (Wildman–Crippen MR) is 105 cm³/mol. The highest BCUT2D eigenvalue weighted by molar-refractivity contribution is 5.74. The first kappa shape index (κ1) is 18.7. The average Bonchev–Trinajstić information content (AvgIpc) is 3.20. The summed E-state index contributed by atoms with van der Waals surface area (Å²) in [6.45, 7) is 0.835. The fourth-order valence-electron chi connectivity index (χ4n) is 2.94. The third-order valence-corrected chi connectivity index (χ3v) is 4.53. The van der Waals surface area contributed by atoms with Crippen LogP contribution >= 0.6 is 0 Å². The molecule has 2 aromatic carbocycles. The minimum Gasteiger partial charge on any atom is -0.497 e. The molecule has 0 amide bonds. The summed E-state index contributed by atoms with van der Waals surface area (Å²) in [7, 11) is 5.56. The monoisotopic (exact) mass is 369 g/mol. The molecule has 1 heterocycles. The molecule has 3 rings (SSSR count). The molecule has 0 saturated carbocycles. The van der Waals surface area contributed by atoms with E-state index in [1.807, 2.05) is 38.4 Å². The SMILES string of the molecule is COc1ccc([C@@H](CNc2c(NCc3ccco3)c(=O)c2=O)N(C)C)cc1. The molecule has 7 nitrogen and oxygen atoms in total. The number of rotatable bonds is 9. The van der Waals surface area contributed by atoms with Crippen LogP contribution in [0.3, 0.4) is 0 Å². The predicted octanol–water partition coefficient (Wildman–Crippen LogP) is 2.21. The number of methoxy groups -OCH3 is 1. The third-order valence-electron chi connectivity index (χ3n) is 4.53. The average molecular weight is 369 g/mol. The molecule has 0 radical (unpaired) electrons. The standard InChI is InChI=1S/C20H23N3O4/c1-23(2)16(13-6-8-14(26-3)9-7-13)12-22-18-17(19(24)20(18)25)21-11-15-5-4-10-27-15/h4-10,16,21-22H,11-12H2,1-3H3/t16-/m1/s1. The van der Waals surface area contributed by atoms with Crippen LogP contribution in [-0.4, -0.2) is 32.6 Å². The molecule has 0 fully saturated rings. The molecule has 0 unspecified atom stereocenters. The first-order valence-corrected chi connectivity index (χ1v) is 8.65. The van der Waals surface area contributed by atoms with Gasteiger partial charge < -0.3 is 24.7 Å². The Morgan fingerprint density at radius 1 is 1.04 bits per heavy atom. The van der Waals surface area contributed by atoms with E-state index in [9.17, 15) is 9.59 Å². The molecule has 1 atom stereocenters. The molecule has 1 aromatic heterocycles. The van der Waals surface area contributed by atoms with Crippen molar-refractivity contribution >= 4 is 11.4 Å². The number of ether oxygens (including phenoxy) is 1. The van der Waals surface area contributed by atoms with Gasteiger partial charge in [0.05, 0.1) is 26.0 Å². The van der Waals surface area contributed by atoms with Crippen LogP contribution in [0.25, 0.3) is 0 Å². The molecule has 0 aliphatic carbocycles. The van der Waals surface area contributed by atoms with E-state index in [1.165, 1.54) is 0 Å². The van der Waals surface area contributed by atoms with Crippen LogP contribution in [-0.2, 0) is 6.54 Å². The summed E-state index contributed by atoms with van der Waals surface area (Å²) in [6, 6.07) is 11.4. The molecule has 0 saturated heterocycles. The molecule has 2 N–H and O–H groups in total. The summed E-state index contributed by atoms with van der Waals surface area (Å²) in [5, 5.41) is 6.11. The van der Waals surface area contributed by atoms with E-state index in [-0.39, 0.29) is 6.04 Å². The molecule has 0 bridgehead atoms. The quantitative estimate of drug-likeness (QED) is 0.560. The van der Waals surface area contributed by atoms with Crippen LogP contribution < -0.4 is 26.2 Å². The van der Waals surface area contributed by atoms with Crippen molar-refractivity contribution in [1.82, 2.24) is 4.90 Å². The zero-order valence-electron chi connectivity index (χ0n) is 15.6. The number of benzene rings is 1. The maximum atomic E-state index is 12.0. The normalized spacial score (nSPS) is 12.3. The molecule has 142 valence electrons. The Labute approximate surface area is 157 Å². The van der Waals surface area contributed by atoms with Gasteiger partial charge >= 0.3 is 0 Å². The van der Waals surface area contributed by atoms with Crippen molar-refractivity contribution in [2.75, 3.05) is 38.4 Å². The third kappa shape index (κ3) is 4.03. The van der Waals surface area contributed by atoms with Crippen molar-refractivity contribution < 1.29 is 9.15 Å². The summed E-state index contributed by atoms with van der Waals surface area (Å²) in [6.07, 6.45) is 1.56. The first-order chi connectivity index (χ1) is 13.0. The van der Waals surface area contributed by atoms with Crippen molar-refractivity contribution in [3.63, 3.8) is 0 Å². The molecule has 27 heavy (non-hydrogen) atoms. The van der Waals surface area contributed by atoms with Gasteiger partial charge in [-0.1, -0.05) is 12.1 Å². The number of nitrogens with zero attached hydrogens (tertiary/aromatic N) is 1. The molecular weight excluding hydrogens is 346 g/mol.